The molecule has 0 amide bonds. The molecule has 0 heterocycles. The second-order valence-corrected chi connectivity index (χ2v) is 7.32. The molecule has 0 saturated carbocycles. The minimum Gasteiger partial charge on any atom is -0.507 e. The molecular weight excluding hydrogens is 408 g/mol. The number of methoxy groups -OCH3 is 2. The number of carboxylic acid groups (broad SMARTS) is 1. The van der Waals surface area contributed by atoms with Crippen molar-refractivity contribution in [2.45, 2.75) is 45.4 Å². The lowest BCUT2D eigenvalue weighted by atomic mass is 10.0. The molecule has 2 N–H and O–H groups in total. The number of rotatable bonds is 12. The van der Waals surface area contributed by atoms with Crippen LogP contribution in [-0.2, 0) is 12.8 Å². The highest BCUT2D eigenvalue weighted by molar-refractivity contribution is 6.31. The molecule has 0 unspecified atom stereocenters. The van der Waals surface area contributed by atoms with E-state index in [1.54, 1.807) is 26.4 Å². The third-order valence-electron chi connectivity index (χ3n) is 4.89. The Morgan fingerprint density at radius 2 is 1.70 bits per heavy atom. The highest BCUT2D eigenvalue weighted by atomic mass is 35.5. The van der Waals surface area contributed by atoms with Crippen molar-refractivity contribution in [2.24, 2.45) is 0 Å². The van der Waals surface area contributed by atoms with Crippen molar-refractivity contribution in [3.63, 3.8) is 0 Å². The number of aromatic carboxylic acids is 1. The number of ether oxygens (including phenoxy) is 3. The summed E-state index contributed by atoms with van der Waals surface area (Å²) in [7, 11) is 3.20. The summed E-state index contributed by atoms with van der Waals surface area (Å²) in [6.07, 6.45) is 4.72. The zero-order chi connectivity index (χ0) is 22.1. The molecule has 2 rings (SSSR count). The van der Waals surface area contributed by atoms with Crippen molar-refractivity contribution in [2.75, 3.05) is 20.8 Å². The van der Waals surface area contributed by atoms with Gasteiger partial charge in [-0.25, -0.2) is 4.79 Å². The summed E-state index contributed by atoms with van der Waals surface area (Å²) in [5.74, 6) is 0.509. The summed E-state index contributed by atoms with van der Waals surface area (Å²) in [5, 5.41) is 20.1. The van der Waals surface area contributed by atoms with Crippen LogP contribution in [0.3, 0.4) is 0 Å². The zero-order valence-electron chi connectivity index (χ0n) is 17.7. The van der Waals surface area contributed by atoms with Crippen LogP contribution in [0.25, 0.3) is 0 Å². The van der Waals surface area contributed by atoms with Gasteiger partial charge in [-0.3, -0.25) is 0 Å². The van der Waals surface area contributed by atoms with Gasteiger partial charge in [-0.15, -0.1) is 0 Å². The molecule has 0 spiro atoms. The summed E-state index contributed by atoms with van der Waals surface area (Å²) >= 11 is 6.33. The third-order valence-corrected chi connectivity index (χ3v) is 5.24. The largest absolute Gasteiger partial charge is 0.507 e. The van der Waals surface area contributed by atoms with Crippen molar-refractivity contribution < 1.29 is 29.2 Å². The fourth-order valence-corrected chi connectivity index (χ4v) is 3.62. The average molecular weight is 437 g/mol. The molecule has 30 heavy (non-hydrogen) atoms. The normalized spacial score (nSPS) is 10.7. The standard InChI is InChI=1S/C23H29ClO6/c1-4-8-16-19(12-10-17(21(16)25)23(26)27)30-14-7-5-6-9-15-18(24)11-13-20(28-2)22(15)29-3/h10-13,25H,4-9,14H2,1-3H3,(H,26,27). The van der Waals surface area contributed by atoms with E-state index in [1.807, 2.05) is 13.0 Å². The second-order valence-electron chi connectivity index (χ2n) is 6.91. The minimum atomic E-state index is -1.15. The van der Waals surface area contributed by atoms with Crippen LogP contribution in [0.2, 0.25) is 5.02 Å². The van der Waals surface area contributed by atoms with E-state index in [1.165, 1.54) is 6.07 Å². The molecule has 0 aliphatic rings. The quantitative estimate of drug-likeness (QED) is 0.427. The van der Waals surface area contributed by atoms with E-state index in [0.717, 1.165) is 37.7 Å². The van der Waals surface area contributed by atoms with Crippen molar-refractivity contribution in [1.82, 2.24) is 0 Å². The number of carbonyl (C=O) groups is 1. The summed E-state index contributed by atoms with van der Waals surface area (Å²) in [5.41, 5.74) is 1.37. The Morgan fingerprint density at radius 1 is 0.967 bits per heavy atom. The number of unbranched alkanes of at least 4 members (excludes halogenated alkanes) is 2. The molecule has 0 fully saturated rings. The van der Waals surface area contributed by atoms with E-state index in [-0.39, 0.29) is 11.3 Å². The highest BCUT2D eigenvalue weighted by Gasteiger charge is 2.17. The van der Waals surface area contributed by atoms with E-state index in [2.05, 4.69) is 0 Å². The fraction of sp³-hybridized carbons (Fsp3) is 0.435. The number of halogens is 1. The molecule has 0 aliphatic carbocycles. The van der Waals surface area contributed by atoms with Crippen LogP contribution >= 0.6 is 11.6 Å². The van der Waals surface area contributed by atoms with Gasteiger partial charge in [0.1, 0.15) is 17.1 Å². The molecule has 0 aliphatic heterocycles. The van der Waals surface area contributed by atoms with Crippen molar-refractivity contribution in [3.05, 3.63) is 46.0 Å². The summed E-state index contributed by atoms with van der Waals surface area (Å²) in [6, 6.07) is 6.60. The van der Waals surface area contributed by atoms with Crippen LogP contribution in [0, 0.1) is 0 Å². The molecule has 7 heteroatoms. The second kappa shape index (κ2) is 11.6. The highest BCUT2D eigenvalue weighted by Crippen LogP contribution is 2.37. The summed E-state index contributed by atoms with van der Waals surface area (Å²) < 4.78 is 16.6. The van der Waals surface area contributed by atoms with Crippen LogP contribution in [0.5, 0.6) is 23.0 Å². The molecule has 164 valence electrons. The maximum atomic E-state index is 11.2. The number of hydrogen-bond acceptors (Lipinski definition) is 5. The summed E-state index contributed by atoms with van der Waals surface area (Å²) in [6.45, 7) is 2.44. The van der Waals surface area contributed by atoms with Gasteiger partial charge in [0.15, 0.2) is 11.5 Å². The van der Waals surface area contributed by atoms with Gasteiger partial charge in [0.05, 0.1) is 20.8 Å². The molecule has 6 nitrogen and oxygen atoms in total. The predicted octanol–water partition coefficient (Wildman–Crippen LogP) is 5.51. The number of benzene rings is 2. The molecular formula is C23H29ClO6. The number of carboxylic acids is 1. The van der Waals surface area contributed by atoms with Crippen molar-refractivity contribution in [3.8, 4) is 23.0 Å². The molecule has 2 aromatic carbocycles. The van der Waals surface area contributed by atoms with E-state index < -0.39 is 5.97 Å². The fourth-order valence-electron chi connectivity index (χ4n) is 3.38. The van der Waals surface area contributed by atoms with Crippen molar-refractivity contribution in [1.29, 1.82) is 0 Å². The molecule has 0 saturated heterocycles. The van der Waals surface area contributed by atoms with Gasteiger partial charge in [0.25, 0.3) is 0 Å². The Morgan fingerprint density at radius 3 is 2.33 bits per heavy atom. The van der Waals surface area contributed by atoms with Gasteiger partial charge in [-0.2, -0.15) is 0 Å². The van der Waals surface area contributed by atoms with Gasteiger partial charge >= 0.3 is 5.97 Å². The maximum absolute atomic E-state index is 11.2. The Bertz CT molecular complexity index is 865. The first-order valence-corrected chi connectivity index (χ1v) is 10.4. The SMILES string of the molecule is CCCc1c(OCCCCCc2c(Cl)ccc(OC)c2OC)ccc(C(=O)O)c1O. The smallest absolute Gasteiger partial charge is 0.339 e. The number of phenols is 1. The van der Waals surface area contributed by atoms with Gasteiger partial charge in [0.2, 0.25) is 0 Å². The van der Waals surface area contributed by atoms with E-state index in [4.69, 9.17) is 25.8 Å². The first-order valence-electron chi connectivity index (χ1n) is 10.0. The van der Waals surface area contributed by atoms with Crippen LogP contribution < -0.4 is 14.2 Å². The lowest BCUT2D eigenvalue weighted by Crippen LogP contribution is -2.04. The van der Waals surface area contributed by atoms with Crippen LogP contribution in [0.1, 0.15) is 54.1 Å². The first kappa shape index (κ1) is 23.7. The Balaban J connectivity index is 1.91. The topological polar surface area (TPSA) is 85.2 Å². The van der Waals surface area contributed by atoms with Crippen LogP contribution in [0.15, 0.2) is 24.3 Å². The predicted molar refractivity (Wildman–Crippen MR) is 117 cm³/mol. The zero-order valence-corrected chi connectivity index (χ0v) is 18.4. The monoisotopic (exact) mass is 436 g/mol. The van der Waals surface area contributed by atoms with E-state index in [9.17, 15) is 15.0 Å². The van der Waals surface area contributed by atoms with Gasteiger partial charge in [-0.1, -0.05) is 24.9 Å². The van der Waals surface area contributed by atoms with Gasteiger partial charge < -0.3 is 24.4 Å². The molecule has 0 bridgehead atoms. The lowest BCUT2D eigenvalue weighted by Gasteiger charge is -2.15. The number of hydrogen-bond donors (Lipinski definition) is 2. The first-order chi connectivity index (χ1) is 14.4. The molecule has 0 atom stereocenters. The van der Waals surface area contributed by atoms with Crippen LogP contribution in [0.4, 0.5) is 0 Å². The lowest BCUT2D eigenvalue weighted by molar-refractivity contribution is 0.0693. The maximum Gasteiger partial charge on any atom is 0.339 e. The summed E-state index contributed by atoms with van der Waals surface area (Å²) in [4.78, 5) is 11.2. The number of aromatic hydroxyl groups is 1. The Labute approximate surface area is 182 Å². The van der Waals surface area contributed by atoms with E-state index in [0.29, 0.717) is 40.9 Å². The van der Waals surface area contributed by atoms with E-state index >= 15 is 0 Å². The third kappa shape index (κ3) is 5.72. The Hall–Kier alpha value is -2.60. The molecule has 0 radical (unpaired) electrons. The molecule has 2 aromatic rings. The van der Waals surface area contributed by atoms with Gasteiger partial charge in [0, 0.05) is 16.1 Å². The van der Waals surface area contributed by atoms with Crippen LogP contribution in [-0.4, -0.2) is 37.0 Å². The average Bonchev–Trinajstić information content (AvgIpc) is 2.73. The minimum absolute atomic E-state index is 0.102. The van der Waals surface area contributed by atoms with Gasteiger partial charge in [-0.05, 0) is 56.4 Å². The molecule has 0 aromatic heterocycles. The van der Waals surface area contributed by atoms with Crippen molar-refractivity contribution >= 4 is 17.6 Å². The Kier molecular flexibility index (Phi) is 9.12.